The average molecular weight is 177 g/mol. The summed E-state index contributed by atoms with van der Waals surface area (Å²) >= 11 is 0. The van der Waals surface area contributed by atoms with Crippen LogP contribution in [-0.2, 0) is 10.8 Å². The molecule has 1 heterocycles. The number of rotatable bonds is 1. The molecule has 2 N–H and O–H groups in total. The molecule has 1 aliphatic rings. The zero-order chi connectivity index (χ0) is 8.27. The lowest BCUT2D eigenvalue weighted by molar-refractivity contribution is 0.189. The standard InChI is InChI=1S/C6H11NO3S/c8-6(9)7-5-1-3-11(10)4-2-5/h5,7H,1-4H2,(H,8,9). The molecule has 1 amide bonds. The molecule has 5 heteroatoms. The Balaban J connectivity index is 2.28. The zero-order valence-electron chi connectivity index (χ0n) is 6.08. The van der Waals surface area contributed by atoms with Gasteiger partial charge in [0.25, 0.3) is 0 Å². The Morgan fingerprint density at radius 3 is 2.45 bits per heavy atom. The smallest absolute Gasteiger partial charge is 0.404 e. The van der Waals surface area contributed by atoms with Crippen LogP contribution in [0.3, 0.4) is 0 Å². The van der Waals surface area contributed by atoms with Crippen LogP contribution in [0.15, 0.2) is 0 Å². The van der Waals surface area contributed by atoms with E-state index in [4.69, 9.17) is 5.11 Å². The molecule has 1 rings (SSSR count). The van der Waals surface area contributed by atoms with E-state index in [0.29, 0.717) is 24.3 Å². The first kappa shape index (κ1) is 8.52. The van der Waals surface area contributed by atoms with Crippen molar-refractivity contribution in [3.8, 4) is 0 Å². The van der Waals surface area contributed by atoms with Crippen molar-refractivity contribution in [2.45, 2.75) is 18.9 Å². The van der Waals surface area contributed by atoms with Crippen LogP contribution in [-0.4, -0.2) is 33.0 Å². The third-order valence-corrected chi connectivity index (χ3v) is 3.10. The van der Waals surface area contributed by atoms with E-state index in [1.54, 1.807) is 0 Å². The van der Waals surface area contributed by atoms with Crippen LogP contribution >= 0.6 is 0 Å². The number of carbonyl (C=O) groups is 1. The number of carboxylic acid groups (broad SMARTS) is 1. The SMILES string of the molecule is O=C(O)NC1CCS(=O)CC1. The summed E-state index contributed by atoms with van der Waals surface area (Å²) in [5.41, 5.74) is 0. The van der Waals surface area contributed by atoms with Gasteiger partial charge in [0, 0.05) is 28.3 Å². The average Bonchev–Trinajstić information content (AvgIpc) is 1.93. The molecule has 0 aromatic heterocycles. The lowest BCUT2D eigenvalue weighted by atomic mass is 10.2. The van der Waals surface area contributed by atoms with E-state index < -0.39 is 16.9 Å². The highest BCUT2D eigenvalue weighted by Gasteiger charge is 2.18. The quantitative estimate of drug-likeness (QED) is 0.599. The molecule has 0 radical (unpaired) electrons. The Hall–Kier alpha value is -0.580. The molecule has 0 bridgehead atoms. The Morgan fingerprint density at radius 1 is 1.45 bits per heavy atom. The maximum Gasteiger partial charge on any atom is 0.404 e. The van der Waals surface area contributed by atoms with E-state index in [-0.39, 0.29) is 6.04 Å². The van der Waals surface area contributed by atoms with Crippen molar-refractivity contribution in [1.29, 1.82) is 0 Å². The summed E-state index contributed by atoms with van der Waals surface area (Å²) in [7, 11) is -0.709. The summed E-state index contributed by atoms with van der Waals surface area (Å²) in [5.74, 6) is 1.26. The van der Waals surface area contributed by atoms with Gasteiger partial charge in [0.15, 0.2) is 0 Å². The molecule has 1 saturated heterocycles. The molecule has 0 unspecified atom stereocenters. The topological polar surface area (TPSA) is 66.4 Å². The van der Waals surface area contributed by atoms with Crippen molar-refractivity contribution in [3.63, 3.8) is 0 Å². The molecule has 0 aromatic carbocycles. The van der Waals surface area contributed by atoms with Gasteiger partial charge in [-0.2, -0.15) is 0 Å². The second kappa shape index (κ2) is 3.71. The third kappa shape index (κ3) is 2.88. The molecule has 0 atom stereocenters. The lowest BCUT2D eigenvalue weighted by Gasteiger charge is -2.20. The van der Waals surface area contributed by atoms with Crippen LogP contribution in [0.1, 0.15) is 12.8 Å². The fraction of sp³-hybridized carbons (Fsp3) is 0.833. The summed E-state index contributed by atoms with van der Waals surface area (Å²) < 4.78 is 10.8. The summed E-state index contributed by atoms with van der Waals surface area (Å²) in [6.07, 6.45) is 0.431. The Labute approximate surface area is 67.4 Å². The Bertz CT molecular complexity index is 173. The third-order valence-electron chi connectivity index (χ3n) is 1.72. The van der Waals surface area contributed by atoms with E-state index in [0.717, 1.165) is 0 Å². The Kier molecular flexibility index (Phi) is 2.87. The molecule has 0 saturated carbocycles. The van der Waals surface area contributed by atoms with E-state index in [9.17, 15) is 9.00 Å². The van der Waals surface area contributed by atoms with Gasteiger partial charge in [-0.3, -0.25) is 4.21 Å². The van der Waals surface area contributed by atoms with Gasteiger partial charge < -0.3 is 10.4 Å². The van der Waals surface area contributed by atoms with Crippen LogP contribution in [0.5, 0.6) is 0 Å². The largest absolute Gasteiger partial charge is 0.465 e. The predicted molar refractivity (Wildman–Crippen MR) is 42.1 cm³/mol. The maximum absolute atomic E-state index is 10.8. The first-order valence-corrected chi connectivity index (χ1v) is 5.01. The fourth-order valence-corrected chi connectivity index (χ4v) is 2.41. The van der Waals surface area contributed by atoms with Crippen LogP contribution in [0, 0.1) is 0 Å². The fourth-order valence-electron chi connectivity index (χ4n) is 1.11. The zero-order valence-corrected chi connectivity index (χ0v) is 6.89. The highest BCUT2D eigenvalue weighted by molar-refractivity contribution is 7.85. The summed E-state index contributed by atoms with van der Waals surface area (Å²) in [6, 6.07) is 0.0187. The van der Waals surface area contributed by atoms with Crippen molar-refractivity contribution in [3.05, 3.63) is 0 Å². The highest BCUT2D eigenvalue weighted by atomic mass is 32.2. The van der Waals surface area contributed by atoms with Gasteiger partial charge in [-0.25, -0.2) is 4.79 Å². The van der Waals surface area contributed by atoms with Crippen molar-refractivity contribution < 1.29 is 14.1 Å². The van der Waals surface area contributed by atoms with Gasteiger partial charge in [-0.05, 0) is 12.8 Å². The summed E-state index contributed by atoms with van der Waals surface area (Å²) in [6.45, 7) is 0. The normalized spacial score (nSPS) is 31.3. The minimum absolute atomic E-state index is 0.0187. The first-order valence-electron chi connectivity index (χ1n) is 3.53. The monoisotopic (exact) mass is 177 g/mol. The van der Waals surface area contributed by atoms with Crippen molar-refractivity contribution in [2.24, 2.45) is 0 Å². The molecule has 0 aromatic rings. The molecule has 1 fully saturated rings. The molecular formula is C6H11NO3S. The molecule has 0 spiro atoms. The first-order chi connectivity index (χ1) is 5.18. The van der Waals surface area contributed by atoms with Crippen molar-refractivity contribution >= 4 is 16.9 Å². The van der Waals surface area contributed by atoms with E-state index in [1.807, 2.05) is 0 Å². The van der Waals surface area contributed by atoms with E-state index in [1.165, 1.54) is 0 Å². The minimum atomic E-state index is -0.984. The van der Waals surface area contributed by atoms with Gasteiger partial charge in [0.1, 0.15) is 0 Å². The van der Waals surface area contributed by atoms with Crippen LogP contribution in [0.25, 0.3) is 0 Å². The molecule has 0 aliphatic carbocycles. The van der Waals surface area contributed by atoms with E-state index >= 15 is 0 Å². The van der Waals surface area contributed by atoms with Crippen LogP contribution < -0.4 is 5.32 Å². The Morgan fingerprint density at radius 2 is 2.00 bits per heavy atom. The predicted octanol–water partition coefficient (Wildman–Crippen LogP) is 0.165. The molecule has 1 aliphatic heterocycles. The minimum Gasteiger partial charge on any atom is -0.465 e. The second-order valence-corrected chi connectivity index (χ2v) is 4.27. The van der Waals surface area contributed by atoms with Gasteiger partial charge >= 0.3 is 6.09 Å². The molecular weight excluding hydrogens is 166 g/mol. The highest BCUT2D eigenvalue weighted by Crippen LogP contribution is 2.08. The van der Waals surface area contributed by atoms with Gasteiger partial charge in [-0.1, -0.05) is 0 Å². The summed E-state index contributed by atoms with van der Waals surface area (Å²) in [4.78, 5) is 10.2. The second-order valence-electron chi connectivity index (χ2n) is 2.57. The molecule has 11 heavy (non-hydrogen) atoms. The van der Waals surface area contributed by atoms with Crippen LogP contribution in [0.4, 0.5) is 4.79 Å². The van der Waals surface area contributed by atoms with Crippen molar-refractivity contribution in [1.82, 2.24) is 5.32 Å². The number of nitrogens with one attached hydrogen (secondary N) is 1. The van der Waals surface area contributed by atoms with Crippen molar-refractivity contribution in [2.75, 3.05) is 11.5 Å². The molecule has 64 valence electrons. The summed E-state index contributed by atoms with van der Waals surface area (Å²) in [5, 5.41) is 10.7. The lowest BCUT2D eigenvalue weighted by Crippen LogP contribution is -2.38. The van der Waals surface area contributed by atoms with Gasteiger partial charge in [0.05, 0.1) is 0 Å². The number of hydrogen-bond acceptors (Lipinski definition) is 2. The van der Waals surface area contributed by atoms with Gasteiger partial charge in [-0.15, -0.1) is 0 Å². The molecule has 4 nitrogen and oxygen atoms in total. The van der Waals surface area contributed by atoms with Crippen LogP contribution in [0.2, 0.25) is 0 Å². The van der Waals surface area contributed by atoms with E-state index in [2.05, 4.69) is 5.32 Å². The number of amides is 1. The van der Waals surface area contributed by atoms with Gasteiger partial charge in [0.2, 0.25) is 0 Å². The number of hydrogen-bond donors (Lipinski definition) is 2. The maximum atomic E-state index is 10.8.